The Labute approximate surface area is 130 Å². The summed E-state index contributed by atoms with van der Waals surface area (Å²) >= 11 is 7.40. The van der Waals surface area contributed by atoms with Crippen molar-refractivity contribution in [3.63, 3.8) is 0 Å². The van der Waals surface area contributed by atoms with Crippen LogP contribution in [0.5, 0.6) is 0 Å². The van der Waals surface area contributed by atoms with E-state index >= 15 is 0 Å². The summed E-state index contributed by atoms with van der Waals surface area (Å²) < 4.78 is 6.62. The Morgan fingerprint density at radius 1 is 1.00 bits per heavy atom. The Hall–Kier alpha value is -0.640. The van der Waals surface area contributed by atoms with Gasteiger partial charge in [-0.25, -0.2) is 0 Å². The molecule has 0 amide bonds. The molecule has 0 N–H and O–H groups in total. The lowest BCUT2D eigenvalue weighted by molar-refractivity contribution is 0.134. The van der Waals surface area contributed by atoms with Crippen molar-refractivity contribution in [1.29, 1.82) is 0 Å². The maximum atomic E-state index is 5.47. The predicted molar refractivity (Wildman–Crippen MR) is 84.6 cm³/mol. The van der Waals surface area contributed by atoms with E-state index in [0.29, 0.717) is 0 Å². The summed E-state index contributed by atoms with van der Waals surface area (Å²) in [6.07, 6.45) is 0. The highest BCUT2D eigenvalue weighted by atomic mass is 79.9. The van der Waals surface area contributed by atoms with Crippen LogP contribution in [-0.4, -0.2) is 0 Å². The SMILES string of the molecule is Cc1ccc(C(Br)c2ccc3c(c2)COC3)cc1Br. The molecule has 1 nitrogen and oxygen atoms in total. The molecule has 2 aromatic rings. The van der Waals surface area contributed by atoms with Crippen LogP contribution >= 0.6 is 31.9 Å². The van der Waals surface area contributed by atoms with Crippen molar-refractivity contribution in [2.45, 2.75) is 25.0 Å². The number of halogens is 2. The second-order valence-corrected chi connectivity index (χ2v) is 6.66. The van der Waals surface area contributed by atoms with E-state index in [1.54, 1.807) is 0 Å². The average molecular weight is 382 g/mol. The third-order valence-electron chi connectivity index (χ3n) is 3.53. The van der Waals surface area contributed by atoms with Crippen LogP contribution in [0, 0.1) is 6.92 Å². The van der Waals surface area contributed by atoms with Crippen molar-refractivity contribution in [2.75, 3.05) is 0 Å². The van der Waals surface area contributed by atoms with Gasteiger partial charge in [0.25, 0.3) is 0 Å². The first-order chi connectivity index (χ1) is 9.15. The lowest BCUT2D eigenvalue weighted by atomic mass is 10.00. The minimum Gasteiger partial charge on any atom is -0.372 e. The Morgan fingerprint density at radius 3 is 2.47 bits per heavy atom. The zero-order valence-corrected chi connectivity index (χ0v) is 13.8. The molecule has 98 valence electrons. The monoisotopic (exact) mass is 380 g/mol. The van der Waals surface area contributed by atoms with E-state index in [9.17, 15) is 0 Å². The molecule has 0 fully saturated rings. The molecule has 0 radical (unpaired) electrons. The van der Waals surface area contributed by atoms with Gasteiger partial charge in [-0.2, -0.15) is 0 Å². The average Bonchev–Trinajstić information content (AvgIpc) is 2.88. The van der Waals surface area contributed by atoms with Gasteiger partial charge >= 0.3 is 0 Å². The van der Waals surface area contributed by atoms with E-state index in [0.717, 1.165) is 17.7 Å². The van der Waals surface area contributed by atoms with Gasteiger partial charge in [0.15, 0.2) is 0 Å². The molecule has 0 spiro atoms. The van der Waals surface area contributed by atoms with Crippen molar-refractivity contribution >= 4 is 31.9 Å². The number of benzene rings is 2. The van der Waals surface area contributed by atoms with E-state index in [1.165, 1.54) is 27.8 Å². The molecule has 3 heteroatoms. The number of hydrogen-bond donors (Lipinski definition) is 0. The normalized spacial score (nSPS) is 15.3. The molecular weight excluding hydrogens is 368 g/mol. The molecule has 1 aliphatic rings. The number of aryl methyl sites for hydroxylation is 1. The first-order valence-electron chi connectivity index (χ1n) is 6.25. The Kier molecular flexibility index (Phi) is 3.79. The van der Waals surface area contributed by atoms with Crippen LogP contribution in [0.3, 0.4) is 0 Å². The van der Waals surface area contributed by atoms with Crippen molar-refractivity contribution in [1.82, 2.24) is 0 Å². The fourth-order valence-corrected chi connectivity index (χ4v) is 3.27. The zero-order valence-electron chi connectivity index (χ0n) is 10.6. The fourth-order valence-electron chi connectivity index (χ4n) is 2.31. The van der Waals surface area contributed by atoms with Crippen molar-refractivity contribution in [2.24, 2.45) is 0 Å². The maximum absolute atomic E-state index is 5.47. The number of rotatable bonds is 2. The summed E-state index contributed by atoms with van der Waals surface area (Å²) in [5, 5.41) is 0. The standard InChI is InChI=1S/C16H14Br2O/c1-10-2-3-12(7-15(10)17)16(18)11-4-5-13-8-19-9-14(13)6-11/h2-7,16H,8-9H2,1H3. The van der Waals surface area contributed by atoms with E-state index in [-0.39, 0.29) is 4.83 Å². The van der Waals surface area contributed by atoms with Crippen LogP contribution in [0.1, 0.15) is 32.6 Å². The van der Waals surface area contributed by atoms with Gasteiger partial charge in [0.1, 0.15) is 0 Å². The molecule has 1 heterocycles. The van der Waals surface area contributed by atoms with Gasteiger partial charge in [0.05, 0.1) is 18.0 Å². The second-order valence-electron chi connectivity index (χ2n) is 4.89. The van der Waals surface area contributed by atoms with Crippen LogP contribution in [0.15, 0.2) is 40.9 Å². The highest BCUT2D eigenvalue weighted by Crippen LogP contribution is 2.35. The maximum Gasteiger partial charge on any atom is 0.0725 e. The smallest absolute Gasteiger partial charge is 0.0725 e. The van der Waals surface area contributed by atoms with Gasteiger partial charge in [0, 0.05) is 4.47 Å². The van der Waals surface area contributed by atoms with Crippen molar-refractivity contribution < 1.29 is 4.74 Å². The van der Waals surface area contributed by atoms with Crippen molar-refractivity contribution in [3.8, 4) is 0 Å². The van der Waals surface area contributed by atoms with Crippen LogP contribution in [0.2, 0.25) is 0 Å². The Balaban J connectivity index is 1.94. The van der Waals surface area contributed by atoms with E-state index < -0.39 is 0 Å². The van der Waals surface area contributed by atoms with Gasteiger partial charge < -0.3 is 4.74 Å². The lowest BCUT2D eigenvalue weighted by Gasteiger charge is -2.13. The molecule has 1 unspecified atom stereocenters. The van der Waals surface area contributed by atoms with Crippen molar-refractivity contribution in [3.05, 3.63) is 68.7 Å². The summed E-state index contributed by atoms with van der Waals surface area (Å²) in [4.78, 5) is 0.218. The fraction of sp³-hybridized carbons (Fsp3) is 0.250. The number of fused-ring (bicyclic) bond motifs is 1. The van der Waals surface area contributed by atoms with Gasteiger partial charge in [0.2, 0.25) is 0 Å². The Bertz CT molecular complexity index is 622. The summed E-state index contributed by atoms with van der Waals surface area (Å²) in [6.45, 7) is 3.59. The van der Waals surface area contributed by atoms with E-state index in [1.807, 2.05) is 0 Å². The first-order valence-corrected chi connectivity index (χ1v) is 7.95. The van der Waals surface area contributed by atoms with Crippen LogP contribution < -0.4 is 0 Å². The van der Waals surface area contributed by atoms with Gasteiger partial charge in [-0.05, 0) is 40.8 Å². The largest absolute Gasteiger partial charge is 0.372 e. The topological polar surface area (TPSA) is 9.23 Å². The number of ether oxygens (including phenoxy) is 1. The molecule has 0 bridgehead atoms. The molecule has 0 aromatic heterocycles. The molecule has 1 atom stereocenters. The number of alkyl halides is 1. The van der Waals surface area contributed by atoms with Gasteiger partial charge in [-0.1, -0.05) is 62.2 Å². The second kappa shape index (κ2) is 5.39. The van der Waals surface area contributed by atoms with Crippen LogP contribution in [0.25, 0.3) is 0 Å². The summed E-state index contributed by atoms with van der Waals surface area (Å²) in [5.74, 6) is 0. The summed E-state index contributed by atoms with van der Waals surface area (Å²) in [6, 6.07) is 13.1. The molecule has 1 aliphatic heterocycles. The van der Waals surface area contributed by atoms with E-state index in [4.69, 9.17) is 4.74 Å². The zero-order chi connectivity index (χ0) is 13.4. The lowest BCUT2D eigenvalue weighted by Crippen LogP contribution is -1.95. The quantitative estimate of drug-likeness (QED) is 0.643. The summed E-state index contributed by atoms with van der Waals surface area (Å²) in [7, 11) is 0. The Morgan fingerprint density at radius 2 is 1.68 bits per heavy atom. The molecule has 0 saturated heterocycles. The third kappa shape index (κ3) is 2.64. The highest BCUT2D eigenvalue weighted by Gasteiger charge is 2.16. The first kappa shape index (κ1) is 13.3. The molecule has 2 aromatic carbocycles. The summed E-state index contributed by atoms with van der Waals surface area (Å²) in [5.41, 5.74) is 6.42. The van der Waals surface area contributed by atoms with E-state index in [2.05, 4.69) is 75.2 Å². The third-order valence-corrected chi connectivity index (χ3v) is 5.44. The van der Waals surface area contributed by atoms with Gasteiger partial charge in [-0.15, -0.1) is 0 Å². The minimum absolute atomic E-state index is 0.218. The van der Waals surface area contributed by atoms with Gasteiger partial charge in [-0.3, -0.25) is 0 Å². The van der Waals surface area contributed by atoms with Crippen LogP contribution in [-0.2, 0) is 18.0 Å². The highest BCUT2D eigenvalue weighted by molar-refractivity contribution is 9.10. The predicted octanol–water partition coefficient (Wildman–Crippen LogP) is 5.27. The minimum atomic E-state index is 0.218. The molecule has 3 rings (SSSR count). The molecular formula is C16H14Br2O. The molecule has 0 aliphatic carbocycles. The molecule has 0 saturated carbocycles. The molecule has 19 heavy (non-hydrogen) atoms. The number of hydrogen-bond acceptors (Lipinski definition) is 1. The van der Waals surface area contributed by atoms with Crippen LogP contribution in [0.4, 0.5) is 0 Å².